The number of nitrogens with zero attached hydrogens (tertiary/aromatic N) is 2. The molecule has 0 spiro atoms. The molecular formula is C25H23N3O3. The number of amides is 1. The summed E-state index contributed by atoms with van der Waals surface area (Å²) in [6.45, 7) is 6.39. The number of hydrogen-bond acceptors (Lipinski definition) is 5. The summed E-state index contributed by atoms with van der Waals surface area (Å²) in [5, 5.41) is 4.81. The van der Waals surface area contributed by atoms with Crippen LogP contribution in [0.25, 0.3) is 22.2 Å². The Morgan fingerprint density at radius 1 is 1.10 bits per heavy atom. The van der Waals surface area contributed by atoms with Crippen LogP contribution in [0.4, 0.5) is 0 Å². The number of carbonyl (C=O) groups is 1. The molecule has 6 nitrogen and oxygen atoms in total. The third kappa shape index (κ3) is 4.64. The molecule has 0 unspecified atom stereocenters. The van der Waals surface area contributed by atoms with Crippen LogP contribution >= 0.6 is 0 Å². The van der Waals surface area contributed by atoms with Crippen molar-refractivity contribution in [3.8, 4) is 17.0 Å². The van der Waals surface area contributed by atoms with Gasteiger partial charge in [0.2, 0.25) is 0 Å². The Morgan fingerprint density at radius 2 is 1.90 bits per heavy atom. The van der Waals surface area contributed by atoms with Crippen molar-refractivity contribution in [1.82, 2.24) is 10.4 Å². The molecule has 0 aliphatic rings. The number of hydrazone groups is 1. The van der Waals surface area contributed by atoms with Gasteiger partial charge in [0.05, 0.1) is 29.6 Å². The number of hydrogen-bond donors (Lipinski definition) is 1. The van der Waals surface area contributed by atoms with Gasteiger partial charge in [-0.15, -0.1) is 0 Å². The minimum absolute atomic E-state index is 0.315. The van der Waals surface area contributed by atoms with Crippen LogP contribution in [0.5, 0.6) is 5.75 Å². The summed E-state index contributed by atoms with van der Waals surface area (Å²) in [7, 11) is 0. The molecule has 4 rings (SSSR count). The number of nitrogens with one attached hydrogen (secondary N) is 1. The van der Waals surface area contributed by atoms with Gasteiger partial charge in [0.15, 0.2) is 0 Å². The highest BCUT2D eigenvalue weighted by molar-refractivity contribution is 6.07. The maximum Gasteiger partial charge on any atom is 0.272 e. The number of carbonyl (C=O) groups excluding carboxylic acids is 1. The molecule has 2 aromatic carbocycles. The van der Waals surface area contributed by atoms with E-state index < -0.39 is 0 Å². The number of rotatable bonds is 6. The standard InChI is InChI=1S/C25H23N3O3/c1-4-30-19-10-7-18(8-11-19)24-14-22(21-13-16(2)5-12-23(21)27-24)25(29)28-26-15-20-9-6-17(3)31-20/h5-15H,4H2,1-3H3,(H,28,29)/b26-15-. The molecule has 1 amide bonds. The number of pyridine rings is 1. The second-order valence-electron chi connectivity index (χ2n) is 7.18. The van der Waals surface area contributed by atoms with Crippen LogP contribution in [0.3, 0.4) is 0 Å². The highest BCUT2D eigenvalue weighted by atomic mass is 16.5. The number of benzene rings is 2. The van der Waals surface area contributed by atoms with E-state index in [0.717, 1.165) is 33.5 Å². The maximum absolute atomic E-state index is 13.0. The summed E-state index contributed by atoms with van der Waals surface area (Å²) in [5.41, 5.74) is 6.49. The molecule has 0 aliphatic heterocycles. The molecule has 4 aromatic rings. The minimum atomic E-state index is -0.315. The van der Waals surface area contributed by atoms with Gasteiger partial charge in [-0.05, 0) is 75.4 Å². The van der Waals surface area contributed by atoms with Crippen LogP contribution in [0.15, 0.2) is 70.2 Å². The van der Waals surface area contributed by atoms with Crippen molar-refractivity contribution in [1.29, 1.82) is 0 Å². The van der Waals surface area contributed by atoms with E-state index in [4.69, 9.17) is 14.1 Å². The molecule has 0 radical (unpaired) electrons. The first-order chi connectivity index (χ1) is 15.0. The number of furan rings is 1. The molecular weight excluding hydrogens is 390 g/mol. The zero-order valence-corrected chi connectivity index (χ0v) is 17.7. The van der Waals surface area contributed by atoms with Gasteiger partial charge >= 0.3 is 0 Å². The van der Waals surface area contributed by atoms with E-state index in [1.54, 1.807) is 12.1 Å². The lowest BCUT2D eigenvalue weighted by Gasteiger charge is -2.10. The van der Waals surface area contributed by atoms with Gasteiger partial charge < -0.3 is 9.15 Å². The zero-order valence-electron chi connectivity index (χ0n) is 17.7. The SMILES string of the molecule is CCOc1ccc(-c2cc(C(=O)N/N=C\c3ccc(C)o3)c3cc(C)ccc3n2)cc1. The summed E-state index contributed by atoms with van der Waals surface area (Å²) in [6.07, 6.45) is 1.48. The lowest BCUT2D eigenvalue weighted by atomic mass is 10.0. The van der Waals surface area contributed by atoms with Gasteiger partial charge in [-0.1, -0.05) is 11.6 Å². The maximum atomic E-state index is 13.0. The van der Waals surface area contributed by atoms with Gasteiger partial charge in [0.1, 0.15) is 17.3 Å². The Bertz CT molecular complexity index is 1260. The molecule has 156 valence electrons. The van der Waals surface area contributed by atoms with E-state index in [0.29, 0.717) is 23.6 Å². The molecule has 2 aromatic heterocycles. The fraction of sp³-hybridized carbons (Fsp3) is 0.160. The summed E-state index contributed by atoms with van der Waals surface area (Å²) in [4.78, 5) is 17.7. The molecule has 0 saturated heterocycles. The van der Waals surface area contributed by atoms with Crippen molar-refractivity contribution >= 4 is 23.0 Å². The minimum Gasteiger partial charge on any atom is -0.494 e. The summed E-state index contributed by atoms with van der Waals surface area (Å²) in [6, 6.07) is 19.0. The second-order valence-corrected chi connectivity index (χ2v) is 7.18. The molecule has 0 atom stereocenters. The van der Waals surface area contributed by atoms with Crippen LogP contribution in [0.2, 0.25) is 0 Å². The first kappa shape index (κ1) is 20.3. The van der Waals surface area contributed by atoms with Crippen molar-refractivity contribution in [2.45, 2.75) is 20.8 Å². The van der Waals surface area contributed by atoms with Gasteiger partial charge in [-0.25, -0.2) is 10.4 Å². The van der Waals surface area contributed by atoms with Gasteiger partial charge in [-0.2, -0.15) is 5.10 Å². The Morgan fingerprint density at radius 3 is 2.61 bits per heavy atom. The van der Waals surface area contributed by atoms with E-state index >= 15 is 0 Å². The number of ether oxygens (including phenoxy) is 1. The van der Waals surface area contributed by atoms with E-state index in [1.807, 2.05) is 69.3 Å². The van der Waals surface area contributed by atoms with Crippen molar-refractivity contribution in [3.05, 3.63) is 83.3 Å². The highest BCUT2D eigenvalue weighted by Gasteiger charge is 2.14. The molecule has 0 aliphatic carbocycles. The van der Waals surface area contributed by atoms with Crippen molar-refractivity contribution < 1.29 is 13.9 Å². The van der Waals surface area contributed by atoms with Crippen molar-refractivity contribution in [2.75, 3.05) is 6.61 Å². The zero-order chi connectivity index (χ0) is 21.8. The van der Waals surface area contributed by atoms with Crippen LogP contribution in [0, 0.1) is 13.8 Å². The van der Waals surface area contributed by atoms with Gasteiger partial charge in [0.25, 0.3) is 5.91 Å². The number of fused-ring (bicyclic) bond motifs is 1. The molecule has 6 heteroatoms. The number of aryl methyl sites for hydroxylation is 2. The summed E-state index contributed by atoms with van der Waals surface area (Å²) >= 11 is 0. The topological polar surface area (TPSA) is 76.7 Å². The summed E-state index contributed by atoms with van der Waals surface area (Å²) in [5.74, 6) is 1.83. The highest BCUT2D eigenvalue weighted by Crippen LogP contribution is 2.27. The first-order valence-electron chi connectivity index (χ1n) is 10.1. The Kier molecular flexibility index (Phi) is 5.80. The smallest absolute Gasteiger partial charge is 0.272 e. The van der Waals surface area contributed by atoms with E-state index in [1.165, 1.54) is 6.21 Å². The number of aromatic nitrogens is 1. The summed E-state index contributed by atoms with van der Waals surface area (Å²) < 4.78 is 11.0. The normalized spacial score (nSPS) is 11.2. The fourth-order valence-corrected chi connectivity index (χ4v) is 3.30. The average molecular weight is 413 g/mol. The lowest BCUT2D eigenvalue weighted by Crippen LogP contribution is -2.18. The van der Waals surface area contributed by atoms with Crippen molar-refractivity contribution in [3.63, 3.8) is 0 Å². The molecule has 31 heavy (non-hydrogen) atoms. The van der Waals surface area contributed by atoms with Gasteiger partial charge in [0, 0.05) is 10.9 Å². The monoisotopic (exact) mass is 413 g/mol. The molecule has 1 N–H and O–H groups in total. The van der Waals surface area contributed by atoms with Crippen LogP contribution in [-0.4, -0.2) is 23.7 Å². The second kappa shape index (κ2) is 8.83. The third-order valence-corrected chi connectivity index (χ3v) is 4.79. The van der Waals surface area contributed by atoms with Crippen LogP contribution < -0.4 is 10.2 Å². The average Bonchev–Trinajstić information content (AvgIpc) is 3.18. The van der Waals surface area contributed by atoms with E-state index in [-0.39, 0.29) is 5.91 Å². The van der Waals surface area contributed by atoms with Crippen LogP contribution in [-0.2, 0) is 0 Å². The first-order valence-corrected chi connectivity index (χ1v) is 10.1. The Hall–Kier alpha value is -3.93. The predicted octanol–water partition coefficient (Wildman–Crippen LogP) is 5.27. The lowest BCUT2D eigenvalue weighted by molar-refractivity contribution is 0.0956. The van der Waals surface area contributed by atoms with Crippen LogP contribution in [0.1, 0.15) is 34.4 Å². The quantitative estimate of drug-likeness (QED) is 0.345. The Balaban J connectivity index is 1.69. The predicted molar refractivity (Wildman–Crippen MR) is 122 cm³/mol. The van der Waals surface area contributed by atoms with E-state index in [9.17, 15) is 4.79 Å². The molecule has 0 bridgehead atoms. The van der Waals surface area contributed by atoms with Crippen molar-refractivity contribution in [2.24, 2.45) is 5.10 Å². The molecule has 0 saturated carbocycles. The van der Waals surface area contributed by atoms with E-state index in [2.05, 4.69) is 10.5 Å². The molecule has 2 heterocycles. The molecule has 0 fully saturated rings. The largest absolute Gasteiger partial charge is 0.494 e. The van der Waals surface area contributed by atoms with Gasteiger partial charge in [-0.3, -0.25) is 4.79 Å². The fourth-order valence-electron chi connectivity index (χ4n) is 3.30. The Labute approximate surface area is 180 Å². The third-order valence-electron chi connectivity index (χ3n) is 4.79.